The molecule has 2 heterocycles. The van der Waals surface area contributed by atoms with Crippen molar-refractivity contribution >= 4 is 40.1 Å². The summed E-state index contributed by atoms with van der Waals surface area (Å²) in [5.41, 5.74) is 3.24. The van der Waals surface area contributed by atoms with Gasteiger partial charge in [0.2, 0.25) is 0 Å². The van der Waals surface area contributed by atoms with Crippen molar-refractivity contribution in [2.45, 2.75) is 37.8 Å². The number of pyridine rings is 1. The van der Waals surface area contributed by atoms with Crippen LogP contribution in [0.4, 0.5) is 5.82 Å². The van der Waals surface area contributed by atoms with E-state index in [0.717, 1.165) is 41.0 Å². The van der Waals surface area contributed by atoms with Crippen LogP contribution < -0.4 is 5.32 Å². The summed E-state index contributed by atoms with van der Waals surface area (Å²) < 4.78 is 0. The first-order valence-corrected chi connectivity index (χ1v) is 10.3. The molecule has 0 amide bonds. The Kier molecular flexibility index (Phi) is 5.67. The lowest BCUT2D eigenvalue weighted by atomic mass is 9.90. The van der Waals surface area contributed by atoms with Gasteiger partial charge < -0.3 is 10.2 Å². The summed E-state index contributed by atoms with van der Waals surface area (Å²) in [6, 6.07) is 8.47. The van der Waals surface area contributed by atoms with Gasteiger partial charge in [-0.05, 0) is 64.0 Å². The second-order valence-corrected chi connectivity index (χ2v) is 8.34. The topological polar surface area (TPSA) is 53.9 Å². The van der Waals surface area contributed by atoms with Gasteiger partial charge in [-0.25, -0.2) is 9.97 Å². The summed E-state index contributed by atoms with van der Waals surface area (Å²) in [7, 11) is 4.31. The molecular formula is C21H23Cl2N5. The number of benzene rings is 1. The van der Waals surface area contributed by atoms with Crippen molar-refractivity contribution in [3.8, 4) is 11.3 Å². The van der Waals surface area contributed by atoms with E-state index in [1.165, 1.54) is 12.8 Å². The third kappa shape index (κ3) is 4.07. The highest BCUT2D eigenvalue weighted by molar-refractivity contribution is 6.42. The van der Waals surface area contributed by atoms with Crippen molar-refractivity contribution in [2.75, 3.05) is 19.4 Å². The molecule has 0 atom stereocenters. The number of rotatable bonds is 4. The summed E-state index contributed by atoms with van der Waals surface area (Å²) in [4.78, 5) is 16.1. The Morgan fingerprint density at radius 1 is 0.929 bits per heavy atom. The van der Waals surface area contributed by atoms with Gasteiger partial charge in [0.1, 0.15) is 5.69 Å². The standard InChI is InChI=1S/C21H23Cl2N5/c1-28(2)15-5-3-14(4-6-15)25-21-20(13-7-9-24-10-8-13)26-18-11-16(22)17(23)12-19(18)27-21/h7-12,14-15H,3-6H2,1-2H3,(H,25,27). The predicted octanol–water partition coefficient (Wildman–Crippen LogP) is 5.28. The normalized spacial score (nSPS) is 19.9. The maximum atomic E-state index is 6.20. The molecule has 1 aliphatic rings. The van der Waals surface area contributed by atoms with Crippen LogP contribution in [0.2, 0.25) is 10.0 Å². The second-order valence-electron chi connectivity index (χ2n) is 7.53. The van der Waals surface area contributed by atoms with Gasteiger partial charge in [0.05, 0.1) is 21.1 Å². The molecule has 0 saturated heterocycles. The largest absolute Gasteiger partial charge is 0.366 e. The van der Waals surface area contributed by atoms with Crippen LogP contribution in [0.1, 0.15) is 25.7 Å². The number of anilines is 1. The molecule has 3 aromatic rings. The maximum Gasteiger partial charge on any atom is 0.153 e. The SMILES string of the molecule is CN(C)C1CCC(Nc2nc3cc(Cl)c(Cl)cc3nc2-c2ccncc2)CC1. The van der Waals surface area contributed by atoms with E-state index in [1.54, 1.807) is 24.5 Å². The molecule has 0 radical (unpaired) electrons. The number of hydrogen-bond acceptors (Lipinski definition) is 5. The van der Waals surface area contributed by atoms with Gasteiger partial charge in [0, 0.05) is 30.0 Å². The molecule has 0 aliphatic heterocycles. The van der Waals surface area contributed by atoms with E-state index in [2.05, 4.69) is 29.3 Å². The van der Waals surface area contributed by atoms with E-state index in [9.17, 15) is 0 Å². The zero-order valence-electron chi connectivity index (χ0n) is 16.0. The molecular weight excluding hydrogens is 393 g/mol. The fourth-order valence-electron chi connectivity index (χ4n) is 3.79. The Balaban J connectivity index is 1.70. The third-order valence-corrected chi connectivity index (χ3v) is 6.15. The maximum absolute atomic E-state index is 6.20. The van der Waals surface area contributed by atoms with E-state index in [-0.39, 0.29) is 0 Å². The first-order valence-electron chi connectivity index (χ1n) is 9.51. The number of halogens is 2. The molecule has 5 nitrogen and oxygen atoms in total. The zero-order chi connectivity index (χ0) is 19.7. The number of hydrogen-bond donors (Lipinski definition) is 1. The highest BCUT2D eigenvalue weighted by Gasteiger charge is 2.24. The van der Waals surface area contributed by atoms with E-state index in [1.807, 2.05) is 12.1 Å². The van der Waals surface area contributed by atoms with Crippen LogP contribution in [-0.2, 0) is 0 Å². The molecule has 4 rings (SSSR count). The summed E-state index contributed by atoms with van der Waals surface area (Å²) >= 11 is 12.4. The molecule has 1 aromatic carbocycles. The van der Waals surface area contributed by atoms with Gasteiger partial charge in [0.25, 0.3) is 0 Å². The smallest absolute Gasteiger partial charge is 0.153 e. The molecule has 1 N–H and O–H groups in total. The molecule has 0 unspecified atom stereocenters. The highest BCUT2D eigenvalue weighted by atomic mass is 35.5. The average Bonchev–Trinajstić information content (AvgIpc) is 2.70. The molecule has 2 aromatic heterocycles. The number of nitrogens with one attached hydrogen (secondary N) is 1. The van der Waals surface area contributed by atoms with E-state index < -0.39 is 0 Å². The van der Waals surface area contributed by atoms with E-state index >= 15 is 0 Å². The van der Waals surface area contributed by atoms with Crippen molar-refractivity contribution in [3.05, 3.63) is 46.7 Å². The van der Waals surface area contributed by atoms with Crippen molar-refractivity contribution in [2.24, 2.45) is 0 Å². The van der Waals surface area contributed by atoms with Gasteiger partial charge >= 0.3 is 0 Å². The lowest BCUT2D eigenvalue weighted by Crippen LogP contribution is -2.36. The lowest BCUT2D eigenvalue weighted by Gasteiger charge is -2.33. The Morgan fingerprint density at radius 3 is 2.14 bits per heavy atom. The minimum absolute atomic E-state index is 0.381. The Morgan fingerprint density at radius 2 is 1.54 bits per heavy atom. The number of fused-ring (bicyclic) bond motifs is 1. The number of nitrogens with zero attached hydrogens (tertiary/aromatic N) is 4. The molecule has 1 saturated carbocycles. The third-order valence-electron chi connectivity index (χ3n) is 5.43. The highest BCUT2D eigenvalue weighted by Crippen LogP contribution is 2.33. The fraction of sp³-hybridized carbons (Fsp3) is 0.381. The Bertz CT molecular complexity index is 969. The Hall–Kier alpha value is -1.95. The molecule has 0 spiro atoms. The summed E-state index contributed by atoms with van der Waals surface area (Å²) in [5.74, 6) is 0.783. The monoisotopic (exact) mass is 415 g/mol. The summed E-state index contributed by atoms with van der Waals surface area (Å²) in [5, 5.41) is 4.61. The fourth-order valence-corrected chi connectivity index (χ4v) is 4.11. The van der Waals surface area contributed by atoms with Gasteiger partial charge in [0.15, 0.2) is 5.82 Å². The van der Waals surface area contributed by atoms with Crippen molar-refractivity contribution < 1.29 is 0 Å². The summed E-state index contributed by atoms with van der Waals surface area (Å²) in [6.07, 6.45) is 8.11. The number of aromatic nitrogens is 3. The van der Waals surface area contributed by atoms with Gasteiger partial charge in [-0.2, -0.15) is 0 Å². The molecule has 1 fully saturated rings. The van der Waals surface area contributed by atoms with Crippen LogP contribution in [0.25, 0.3) is 22.3 Å². The van der Waals surface area contributed by atoms with Crippen molar-refractivity contribution in [1.29, 1.82) is 0 Å². The van der Waals surface area contributed by atoms with Crippen molar-refractivity contribution in [3.63, 3.8) is 0 Å². The predicted molar refractivity (Wildman–Crippen MR) is 116 cm³/mol. The van der Waals surface area contributed by atoms with Crippen LogP contribution in [-0.4, -0.2) is 46.0 Å². The van der Waals surface area contributed by atoms with Crippen LogP contribution in [0.15, 0.2) is 36.7 Å². The van der Waals surface area contributed by atoms with Crippen molar-refractivity contribution in [1.82, 2.24) is 19.9 Å². The van der Waals surface area contributed by atoms with Crippen LogP contribution in [0, 0.1) is 0 Å². The molecule has 7 heteroatoms. The summed E-state index contributed by atoms with van der Waals surface area (Å²) in [6.45, 7) is 0. The molecule has 1 aliphatic carbocycles. The molecule has 0 bridgehead atoms. The van der Waals surface area contributed by atoms with Gasteiger partial charge in [-0.1, -0.05) is 23.2 Å². The quantitative estimate of drug-likeness (QED) is 0.627. The van der Waals surface area contributed by atoms with E-state index in [4.69, 9.17) is 33.2 Å². The first-order chi connectivity index (χ1) is 13.5. The lowest BCUT2D eigenvalue weighted by molar-refractivity contribution is 0.221. The van der Waals surface area contributed by atoms with Gasteiger partial charge in [-0.15, -0.1) is 0 Å². The molecule has 28 heavy (non-hydrogen) atoms. The minimum Gasteiger partial charge on any atom is -0.366 e. The van der Waals surface area contributed by atoms with Crippen LogP contribution >= 0.6 is 23.2 Å². The average molecular weight is 416 g/mol. The zero-order valence-corrected chi connectivity index (χ0v) is 17.5. The molecule has 146 valence electrons. The van der Waals surface area contributed by atoms with Crippen LogP contribution in [0.3, 0.4) is 0 Å². The van der Waals surface area contributed by atoms with E-state index in [0.29, 0.717) is 22.1 Å². The second kappa shape index (κ2) is 8.19. The van der Waals surface area contributed by atoms with Gasteiger partial charge in [-0.3, -0.25) is 4.98 Å². The van der Waals surface area contributed by atoms with Crippen LogP contribution in [0.5, 0.6) is 0 Å². The Labute approximate surface area is 175 Å². The minimum atomic E-state index is 0.381. The first kappa shape index (κ1) is 19.4.